The van der Waals surface area contributed by atoms with Crippen LogP contribution in [0, 0.1) is 6.92 Å². The normalized spacial score (nSPS) is 20.4. The van der Waals surface area contributed by atoms with Crippen molar-refractivity contribution < 1.29 is 9.18 Å². The zero-order valence-electron chi connectivity index (χ0n) is 13.4. The summed E-state index contributed by atoms with van der Waals surface area (Å²) < 4.78 is 15.2. The van der Waals surface area contributed by atoms with Gasteiger partial charge in [-0.1, -0.05) is 23.7 Å². The van der Waals surface area contributed by atoms with Crippen LogP contribution in [0.2, 0.25) is 5.02 Å². The van der Waals surface area contributed by atoms with Crippen molar-refractivity contribution in [1.29, 1.82) is 0 Å². The van der Waals surface area contributed by atoms with E-state index in [1.165, 1.54) is 0 Å². The molecule has 0 fully saturated rings. The summed E-state index contributed by atoms with van der Waals surface area (Å²) in [5.74, 6) is -0.197. The summed E-state index contributed by atoms with van der Waals surface area (Å²) in [6.45, 7) is 1.86. The molecule has 1 aromatic carbocycles. The molecule has 3 nitrogen and oxygen atoms in total. The third-order valence-electron chi connectivity index (χ3n) is 4.29. The number of carbonyl (C=O) groups excluding carboxylic acids is 1. The molecule has 0 radical (unpaired) electrons. The van der Waals surface area contributed by atoms with E-state index in [1.807, 2.05) is 13.0 Å². The Labute approximate surface area is 145 Å². The topological polar surface area (TPSA) is 42.0 Å². The SMILES string of the molecule is Cc1cccnc1C1(F)CC=C(C(=O)Nc2ccc(Cl)cc2)CC1. The Balaban J connectivity index is 1.72. The summed E-state index contributed by atoms with van der Waals surface area (Å²) in [6, 6.07) is 10.5. The Morgan fingerprint density at radius 3 is 2.67 bits per heavy atom. The van der Waals surface area contributed by atoms with Crippen molar-refractivity contribution in [3.63, 3.8) is 0 Å². The number of aryl methyl sites for hydroxylation is 1. The fourth-order valence-corrected chi connectivity index (χ4v) is 3.07. The Morgan fingerprint density at radius 2 is 2.04 bits per heavy atom. The molecule has 1 heterocycles. The number of benzene rings is 1. The molecule has 1 amide bonds. The second kappa shape index (κ2) is 6.73. The van der Waals surface area contributed by atoms with Crippen LogP contribution in [0.3, 0.4) is 0 Å². The number of carbonyl (C=O) groups is 1. The predicted octanol–water partition coefficient (Wildman–Crippen LogP) is 4.96. The summed E-state index contributed by atoms with van der Waals surface area (Å²) in [5.41, 5.74) is 1.07. The molecule has 0 saturated carbocycles. The lowest BCUT2D eigenvalue weighted by molar-refractivity contribution is -0.113. The molecule has 3 rings (SSSR count). The molecule has 1 aliphatic carbocycles. The summed E-state index contributed by atoms with van der Waals surface area (Å²) in [4.78, 5) is 16.5. The van der Waals surface area contributed by atoms with Crippen LogP contribution in [0.4, 0.5) is 10.1 Å². The zero-order valence-corrected chi connectivity index (χ0v) is 14.1. The molecule has 0 spiro atoms. The molecule has 0 aliphatic heterocycles. The second-order valence-electron chi connectivity index (χ2n) is 6.03. The van der Waals surface area contributed by atoms with E-state index in [-0.39, 0.29) is 18.7 Å². The molecule has 1 unspecified atom stereocenters. The lowest BCUT2D eigenvalue weighted by atomic mass is 9.82. The number of halogens is 2. The minimum Gasteiger partial charge on any atom is -0.322 e. The van der Waals surface area contributed by atoms with Gasteiger partial charge in [0.2, 0.25) is 0 Å². The van der Waals surface area contributed by atoms with Gasteiger partial charge in [0, 0.05) is 28.9 Å². The van der Waals surface area contributed by atoms with Gasteiger partial charge >= 0.3 is 0 Å². The molecular weight excluding hydrogens is 327 g/mol. The first-order valence-corrected chi connectivity index (χ1v) is 8.23. The van der Waals surface area contributed by atoms with Crippen molar-refractivity contribution in [2.24, 2.45) is 0 Å². The predicted molar refractivity (Wildman–Crippen MR) is 93.8 cm³/mol. The second-order valence-corrected chi connectivity index (χ2v) is 6.47. The van der Waals surface area contributed by atoms with Gasteiger partial charge in [0.25, 0.3) is 5.91 Å². The number of hydrogen-bond donors (Lipinski definition) is 1. The Morgan fingerprint density at radius 1 is 1.29 bits per heavy atom. The maximum absolute atomic E-state index is 15.2. The molecule has 1 aliphatic rings. The third kappa shape index (κ3) is 3.49. The van der Waals surface area contributed by atoms with Gasteiger partial charge in [0.15, 0.2) is 5.67 Å². The number of rotatable bonds is 3. The summed E-state index contributed by atoms with van der Waals surface area (Å²) in [7, 11) is 0. The molecule has 24 heavy (non-hydrogen) atoms. The van der Waals surface area contributed by atoms with E-state index < -0.39 is 5.67 Å². The highest BCUT2D eigenvalue weighted by atomic mass is 35.5. The van der Waals surface area contributed by atoms with Crippen LogP contribution >= 0.6 is 11.6 Å². The van der Waals surface area contributed by atoms with Gasteiger partial charge in [-0.15, -0.1) is 0 Å². The van der Waals surface area contributed by atoms with Crippen molar-refractivity contribution in [3.8, 4) is 0 Å². The maximum atomic E-state index is 15.2. The number of aromatic nitrogens is 1. The molecule has 1 N–H and O–H groups in total. The highest BCUT2D eigenvalue weighted by Crippen LogP contribution is 2.40. The molecular formula is C19H18ClFN2O. The average molecular weight is 345 g/mol. The van der Waals surface area contributed by atoms with Crippen molar-refractivity contribution in [2.75, 3.05) is 5.32 Å². The monoisotopic (exact) mass is 344 g/mol. The molecule has 0 saturated heterocycles. The highest BCUT2D eigenvalue weighted by molar-refractivity contribution is 6.30. The van der Waals surface area contributed by atoms with E-state index in [4.69, 9.17) is 11.6 Å². The van der Waals surface area contributed by atoms with E-state index in [0.717, 1.165) is 5.56 Å². The number of anilines is 1. The van der Waals surface area contributed by atoms with Crippen LogP contribution in [-0.4, -0.2) is 10.9 Å². The number of pyridine rings is 1. The number of amides is 1. The van der Waals surface area contributed by atoms with E-state index >= 15 is 4.39 Å². The van der Waals surface area contributed by atoms with Gasteiger partial charge < -0.3 is 5.32 Å². The highest BCUT2D eigenvalue weighted by Gasteiger charge is 2.37. The summed E-state index contributed by atoms with van der Waals surface area (Å²) in [5, 5.41) is 3.42. The number of nitrogens with one attached hydrogen (secondary N) is 1. The van der Waals surface area contributed by atoms with Gasteiger partial charge in [-0.2, -0.15) is 0 Å². The van der Waals surface area contributed by atoms with Gasteiger partial charge in [-0.05, 0) is 55.7 Å². The van der Waals surface area contributed by atoms with Crippen molar-refractivity contribution in [3.05, 3.63) is 70.5 Å². The molecule has 2 aromatic rings. The van der Waals surface area contributed by atoms with Crippen LogP contribution in [0.1, 0.15) is 30.5 Å². The van der Waals surface area contributed by atoms with Gasteiger partial charge in [-0.25, -0.2) is 4.39 Å². The number of alkyl halides is 1. The van der Waals surface area contributed by atoms with Crippen LogP contribution in [0.15, 0.2) is 54.2 Å². The van der Waals surface area contributed by atoms with E-state index in [0.29, 0.717) is 28.4 Å². The summed E-state index contributed by atoms with van der Waals surface area (Å²) >= 11 is 5.83. The minimum absolute atomic E-state index is 0.161. The van der Waals surface area contributed by atoms with Crippen LogP contribution in [0.5, 0.6) is 0 Å². The van der Waals surface area contributed by atoms with Crippen molar-refractivity contribution in [1.82, 2.24) is 4.98 Å². The first kappa shape index (κ1) is 16.7. The van der Waals surface area contributed by atoms with E-state index in [9.17, 15) is 4.79 Å². The molecule has 124 valence electrons. The molecule has 0 bridgehead atoms. The third-order valence-corrected chi connectivity index (χ3v) is 4.54. The number of allylic oxidation sites excluding steroid dienone is 1. The lowest BCUT2D eigenvalue weighted by Gasteiger charge is -2.29. The lowest BCUT2D eigenvalue weighted by Crippen LogP contribution is -2.28. The quantitative estimate of drug-likeness (QED) is 0.855. The van der Waals surface area contributed by atoms with E-state index in [1.54, 1.807) is 42.6 Å². The molecule has 1 atom stereocenters. The summed E-state index contributed by atoms with van der Waals surface area (Å²) in [6.07, 6.45) is 4.09. The van der Waals surface area contributed by atoms with Crippen LogP contribution < -0.4 is 5.32 Å². The fourth-order valence-electron chi connectivity index (χ4n) is 2.94. The minimum atomic E-state index is -1.50. The standard InChI is InChI=1S/C19H18ClFN2O/c1-13-3-2-12-22-17(13)19(21)10-8-14(9-11-19)18(24)23-16-6-4-15(20)5-7-16/h2-8,12H,9-11H2,1H3,(H,23,24). The Hall–Kier alpha value is -2.20. The van der Waals surface area contributed by atoms with Gasteiger partial charge in [0.1, 0.15) is 0 Å². The number of hydrogen-bond acceptors (Lipinski definition) is 2. The van der Waals surface area contributed by atoms with Gasteiger partial charge in [-0.3, -0.25) is 9.78 Å². The Bertz CT molecular complexity index is 788. The molecule has 5 heteroatoms. The smallest absolute Gasteiger partial charge is 0.251 e. The van der Waals surface area contributed by atoms with Gasteiger partial charge in [0.05, 0.1) is 5.69 Å². The first-order valence-electron chi connectivity index (χ1n) is 7.85. The fraction of sp³-hybridized carbons (Fsp3) is 0.263. The zero-order chi connectivity index (χ0) is 17.2. The van der Waals surface area contributed by atoms with Crippen molar-refractivity contribution in [2.45, 2.75) is 31.9 Å². The molecule has 1 aromatic heterocycles. The Kier molecular flexibility index (Phi) is 4.67. The van der Waals surface area contributed by atoms with E-state index in [2.05, 4.69) is 10.3 Å². The largest absolute Gasteiger partial charge is 0.322 e. The van der Waals surface area contributed by atoms with Crippen LogP contribution in [-0.2, 0) is 10.5 Å². The average Bonchev–Trinajstić information content (AvgIpc) is 2.58. The van der Waals surface area contributed by atoms with Crippen molar-refractivity contribution >= 4 is 23.2 Å². The maximum Gasteiger partial charge on any atom is 0.251 e. The first-order chi connectivity index (χ1) is 11.5. The van der Waals surface area contributed by atoms with Crippen LogP contribution in [0.25, 0.3) is 0 Å². The number of nitrogens with zero attached hydrogens (tertiary/aromatic N) is 1.